The minimum Gasteiger partial charge on any atom is -0.493 e. The van der Waals surface area contributed by atoms with E-state index in [9.17, 15) is 19.6 Å². The molecule has 7 rings (SSSR count). The van der Waals surface area contributed by atoms with Crippen molar-refractivity contribution in [2.24, 2.45) is 0 Å². The number of carbonyl (C=O) groups is 3. The van der Waals surface area contributed by atoms with Crippen LogP contribution in [0.3, 0.4) is 0 Å². The zero-order chi connectivity index (χ0) is 38.8. The van der Waals surface area contributed by atoms with Crippen molar-refractivity contribution in [3.05, 3.63) is 39.4 Å². The van der Waals surface area contributed by atoms with E-state index in [1.165, 1.54) is 18.7 Å². The number of alkyl carbamates (subject to hydrolysis) is 1. The number of ether oxygens (including phenoxy) is 8. The van der Waals surface area contributed by atoms with E-state index in [0.29, 0.717) is 51.9 Å². The molecule has 5 heterocycles. The lowest BCUT2D eigenvalue weighted by Gasteiger charge is -2.61. The third-order valence-electron chi connectivity index (χ3n) is 10.7. The molecular formula is C38H46N4O11S. The van der Waals surface area contributed by atoms with Gasteiger partial charge in [-0.3, -0.25) is 14.6 Å². The Morgan fingerprint density at radius 2 is 1.81 bits per heavy atom. The van der Waals surface area contributed by atoms with Crippen molar-refractivity contribution in [2.75, 3.05) is 47.2 Å². The monoisotopic (exact) mass is 766 g/mol. The van der Waals surface area contributed by atoms with Crippen LogP contribution in [-0.2, 0) is 30.2 Å². The fraction of sp³-hybridized carbons (Fsp3) is 0.579. The predicted molar refractivity (Wildman–Crippen MR) is 194 cm³/mol. The van der Waals surface area contributed by atoms with Crippen molar-refractivity contribution in [1.29, 1.82) is 5.26 Å². The highest BCUT2D eigenvalue weighted by Gasteiger charge is 2.61. The smallest absolute Gasteiger partial charge is 0.408 e. The van der Waals surface area contributed by atoms with Gasteiger partial charge in [-0.15, -0.1) is 11.8 Å². The summed E-state index contributed by atoms with van der Waals surface area (Å²) >= 11 is 1.39. The van der Waals surface area contributed by atoms with E-state index < -0.39 is 59.1 Å². The lowest BCUT2D eigenvalue weighted by atomic mass is 9.71. The van der Waals surface area contributed by atoms with Gasteiger partial charge in [0, 0.05) is 54.1 Å². The van der Waals surface area contributed by atoms with Crippen LogP contribution in [0.25, 0.3) is 0 Å². The number of nitrogens with one attached hydrogen (secondary N) is 1. The second-order valence-electron chi connectivity index (χ2n) is 15.1. The van der Waals surface area contributed by atoms with Crippen LogP contribution in [-0.4, -0.2) is 105 Å². The number of nitriles is 1. The average Bonchev–Trinajstić information content (AvgIpc) is 3.59. The minimum absolute atomic E-state index is 0.0296. The molecule has 1 N–H and O–H groups in total. The first-order chi connectivity index (χ1) is 25.7. The van der Waals surface area contributed by atoms with Gasteiger partial charge in [-0.25, -0.2) is 9.59 Å². The number of cyclic esters (lactones) is 1. The highest BCUT2D eigenvalue weighted by Crippen LogP contribution is 2.64. The Hall–Kier alpha value is -4.43. The summed E-state index contributed by atoms with van der Waals surface area (Å²) in [6, 6.07) is 1.01. The Morgan fingerprint density at radius 1 is 1.07 bits per heavy atom. The summed E-state index contributed by atoms with van der Waals surface area (Å²) < 4.78 is 47.5. The average molecular weight is 767 g/mol. The van der Waals surface area contributed by atoms with Gasteiger partial charge in [-0.1, -0.05) is 6.07 Å². The van der Waals surface area contributed by atoms with Crippen molar-refractivity contribution < 1.29 is 52.3 Å². The first kappa shape index (κ1) is 37.9. The van der Waals surface area contributed by atoms with Gasteiger partial charge in [-0.2, -0.15) is 5.26 Å². The number of amides is 1. The van der Waals surface area contributed by atoms with Gasteiger partial charge in [0.1, 0.15) is 30.0 Å². The number of likely N-dealkylation sites (N-methyl/N-ethyl adjacent to an activating group) is 1. The van der Waals surface area contributed by atoms with E-state index in [-0.39, 0.29) is 32.0 Å². The van der Waals surface area contributed by atoms with E-state index in [1.54, 1.807) is 35.0 Å². The molecular weight excluding hydrogens is 721 g/mol. The highest BCUT2D eigenvalue weighted by molar-refractivity contribution is 7.99. The molecule has 0 radical (unpaired) electrons. The Bertz CT molecular complexity index is 1930. The molecule has 2 aromatic carbocycles. The van der Waals surface area contributed by atoms with Crippen LogP contribution in [0.4, 0.5) is 4.79 Å². The maximum Gasteiger partial charge on any atom is 0.408 e. The van der Waals surface area contributed by atoms with Gasteiger partial charge in [0.05, 0.1) is 30.5 Å². The van der Waals surface area contributed by atoms with E-state index in [4.69, 9.17) is 37.9 Å². The number of piperazine rings is 1. The summed E-state index contributed by atoms with van der Waals surface area (Å²) in [5.74, 6) is 1.18. The van der Waals surface area contributed by atoms with Crippen LogP contribution >= 0.6 is 11.8 Å². The normalized spacial score (nSPS) is 27.0. The number of esters is 2. The molecule has 15 nitrogen and oxygen atoms in total. The molecule has 0 aliphatic carbocycles. The van der Waals surface area contributed by atoms with Crippen LogP contribution in [0.5, 0.6) is 28.7 Å². The van der Waals surface area contributed by atoms with Gasteiger partial charge >= 0.3 is 18.0 Å². The molecule has 0 spiro atoms. The lowest BCUT2D eigenvalue weighted by Crippen LogP contribution is -2.69. The van der Waals surface area contributed by atoms with Crippen LogP contribution < -0.4 is 29.0 Å². The quantitative estimate of drug-likeness (QED) is 0.249. The van der Waals surface area contributed by atoms with Gasteiger partial charge in [-0.05, 0) is 59.2 Å². The van der Waals surface area contributed by atoms with Crippen molar-refractivity contribution in [2.45, 2.75) is 95.1 Å². The molecule has 5 aliphatic rings. The summed E-state index contributed by atoms with van der Waals surface area (Å²) in [7, 11) is 5.16. The highest BCUT2D eigenvalue weighted by atomic mass is 32.2. The molecule has 0 aromatic heterocycles. The molecule has 54 heavy (non-hydrogen) atoms. The lowest BCUT2D eigenvalue weighted by molar-refractivity contribution is -0.151. The number of hydrogen-bond donors (Lipinski definition) is 1. The van der Waals surface area contributed by atoms with E-state index >= 15 is 0 Å². The summed E-state index contributed by atoms with van der Waals surface area (Å²) in [5, 5.41) is 13.2. The molecule has 290 valence electrons. The topological polar surface area (TPSA) is 167 Å². The summed E-state index contributed by atoms with van der Waals surface area (Å²) in [6.07, 6.45) is -0.232. The summed E-state index contributed by atoms with van der Waals surface area (Å²) in [5.41, 5.74) is 3.86. The summed E-state index contributed by atoms with van der Waals surface area (Å²) in [4.78, 5) is 44.1. The maximum atomic E-state index is 13.8. The maximum absolute atomic E-state index is 13.8. The molecule has 4 bridgehead atoms. The second-order valence-corrected chi connectivity index (χ2v) is 16.3. The first-order valence-electron chi connectivity index (χ1n) is 17.8. The number of rotatable bonds is 6. The van der Waals surface area contributed by atoms with E-state index in [1.807, 2.05) is 20.9 Å². The van der Waals surface area contributed by atoms with E-state index in [2.05, 4.69) is 27.3 Å². The van der Waals surface area contributed by atoms with Crippen LogP contribution in [0.1, 0.15) is 78.4 Å². The molecule has 7 atom stereocenters. The Kier molecular flexibility index (Phi) is 10.1. The van der Waals surface area contributed by atoms with Crippen molar-refractivity contribution in [3.63, 3.8) is 0 Å². The summed E-state index contributed by atoms with van der Waals surface area (Å²) in [6.45, 7) is 10.0. The van der Waals surface area contributed by atoms with Crippen molar-refractivity contribution >= 4 is 29.8 Å². The number of benzene rings is 2. The molecule has 16 heteroatoms. The molecule has 1 amide bonds. The predicted octanol–water partition coefficient (Wildman–Crippen LogP) is 4.40. The Balaban J connectivity index is 1.49. The number of methoxy groups -OCH3 is 2. The number of aryl methyl sites for hydroxylation is 1. The third kappa shape index (κ3) is 6.24. The number of hydrogen-bond acceptors (Lipinski definition) is 15. The molecule has 3 unspecified atom stereocenters. The largest absolute Gasteiger partial charge is 0.493 e. The van der Waals surface area contributed by atoms with Crippen LogP contribution in [0.15, 0.2) is 6.07 Å². The van der Waals surface area contributed by atoms with Crippen LogP contribution in [0, 0.1) is 25.2 Å². The molecule has 0 saturated carbocycles. The van der Waals surface area contributed by atoms with Crippen molar-refractivity contribution in [1.82, 2.24) is 15.1 Å². The number of nitrogens with zero attached hydrogens (tertiary/aromatic N) is 3. The SMILES string of the molecule is COCOc1c(OC)c(C)cc2c1[C@@H]1C3[C@@H]4SCC(NC(=O)OC(C)(C)C)C(=O)OC[C@H](c5c6c(c(C)c(OC(C)=O)c54)OCO6)N3C(C#N)[C@H](C2)N1C. The molecule has 2 saturated heterocycles. The Morgan fingerprint density at radius 3 is 2.48 bits per heavy atom. The van der Waals surface area contributed by atoms with Gasteiger partial charge in [0.2, 0.25) is 6.79 Å². The first-order valence-corrected chi connectivity index (χ1v) is 18.9. The zero-order valence-corrected chi connectivity index (χ0v) is 32.7. The van der Waals surface area contributed by atoms with Gasteiger partial charge < -0.3 is 43.2 Å². The number of carbonyl (C=O) groups excluding carboxylic acids is 3. The number of fused-ring (bicyclic) bond motifs is 9. The molecule has 2 aromatic rings. The fourth-order valence-corrected chi connectivity index (χ4v) is 10.3. The van der Waals surface area contributed by atoms with Crippen LogP contribution in [0.2, 0.25) is 0 Å². The van der Waals surface area contributed by atoms with Crippen molar-refractivity contribution in [3.8, 4) is 34.8 Å². The molecule has 2 fully saturated rings. The zero-order valence-electron chi connectivity index (χ0n) is 31.9. The molecule has 5 aliphatic heterocycles. The standard InChI is InChI=1S/C38H46N4O11S/c1-17-10-20-11-22-23(12-39)42-24-13-48-36(44)21(40-37(45)53-38(4,5)6)14-54-35(27-26(24)34-32(50-16-51-34)18(2)31(27)52-19(3)43)29(42)28(41(22)7)25(20)33(30(17)47-9)49-15-46-8/h10,21-24,28-29,35H,11,13-16H2,1-9H3,(H,40,45)/t21?,22-,23?,24+,28+,29?,35+/m0/s1. The number of thioether (sulfide) groups is 1. The van der Waals surface area contributed by atoms with Gasteiger partial charge in [0.25, 0.3) is 0 Å². The van der Waals surface area contributed by atoms with E-state index in [0.717, 1.165) is 16.7 Å². The third-order valence-corrected chi connectivity index (χ3v) is 12.1. The van der Waals surface area contributed by atoms with Gasteiger partial charge in [0.15, 0.2) is 29.8 Å². The fourth-order valence-electron chi connectivity index (χ4n) is 8.76. The Labute approximate surface area is 318 Å². The minimum atomic E-state index is -1.09. The second kappa shape index (κ2) is 14.3.